The second-order valence-corrected chi connectivity index (χ2v) is 6.60. The van der Waals surface area contributed by atoms with Gasteiger partial charge in [0.2, 0.25) is 0 Å². The molecular formula is C21H21FN2O4. The minimum absolute atomic E-state index is 0.186. The zero-order chi connectivity index (χ0) is 19.9. The van der Waals surface area contributed by atoms with Crippen LogP contribution < -0.4 is 5.32 Å². The summed E-state index contributed by atoms with van der Waals surface area (Å²) in [6.45, 7) is 0.473. The number of carbonyl (C=O) groups is 3. The van der Waals surface area contributed by atoms with E-state index in [9.17, 15) is 18.8 Å². The van der Waals surface area contributed by atoms with Gasteiger partial charge in [-0.1, -0.05) is 18.2 Å². The second kappa shape index (κ2) is 9.12. The normalized spacial score (nSPS) is 14.4. The van der Waals surface area contributed by atoms with Crippen molar-refractivity contribution >= 4 is 23.5 Å². The molecule has 2 aromatic carbocycles. The van der Waals surface area contributed by atoms with Gasteiger partial charge in [0.1, 0.15) is 5.82 Å². The van der Waals surface area contributed by atoms with Crippen LogP contribution in [-0.4, -0.2) is 42.4 Å². The van der Waals surface area contributed by atoms with Crippen LogP contribution in [0.1, 0.15) is 23.2 Å². The largest absolute Gasteiger partial charge is 0.455 e. The summed E-state index contributed by atoms with van der Waals surface area (Å²) in [7, 11) is 0. The molecule has 0 aromatic heterocycles. The fraction of sp³-hybridized carbons (Fsp3) is 0.286. The van der Waals surface area contributed by atoms with Crippen LogP contribution in [-0.2, 0) is 14.3 Å². The smallest absolute Gasteiger partial charge is 0.309 e. The Morgan fingerprint density at radius 3 is 2.29 bits per heavy atom. The highest BCUT2D eigenvalue weighted by Crippen LogP contribution is 2.20. The van der Waals surface area contributed by atoms with Crippen LogP contribution in [0.15, 0.2) is 54.6 Å². The molecule has 7 heteroatoms. The molecule has 6 nitrogen and oxygen atoms in total. The Kier molecular flexibility index (Phi) is 6.37. The number of benzene rings is 2. The number of hydrogen-bond acceptors (Lipinski definition) is 4. The Labute approximate surface area is 162 Å². The molecular weight excluding hydrogens is 363 g/mol. The molecule has 146 valence electrons. The lowest BCUT2D eigenvalue weighted by molar-refractivity contribution is -0.152. The Hall–Kier alpha value is -3.22. The van der Waals surface area contributed by atoms with E-state index in [0.717, 1.165) is 0 Å². The first-order valence-electron chi connectivity index (χ1n) is 9.09. The summed E-state index contributed by atoms with van der Waals surface area (Å²) in [5, 5.41) is 2.65. The second-order valence-electron chi connectivity index (χ2n) is 6.60. The highest BCUT2D eigenvalue weighted by molar-refractivity contribution is 5.94. The molecule has 28 heavy (non-hydrogen) atoms. The lowest BCUT2D eigenvalue weighted by Crippen LogP contribution is -2.41. The molecule has 0 atom stereocenters. The first-order chi connectivity index (χ1) is 13.5. The van der Waals surface area contributed by atoms with E-state index in [1.165, 1.54) is 24.3 Å². The minimum atomic E-state index is -0.433. The van der Waals surface area contributed by atoms with Gasteiger partial charge < -0.3 is 15.0 Å². The van der Waals surface area contributed by atoms with Gasteiger partial charge in [-0.3, -0.25) is 14.4 Å². The molecule has 0 spiro atoms. The highest BCUT2D eigenvalue weighted by atomic mass is 19.1. The van der Waals surface area contributed by atoms with Crippen molar-refractivity contribution in [3.8, 4) is 0 Å². The van der Waals surface area contributed by atoms with Gasteiger partial charge in [0, 0.05) is 24.3 Å². The van der Waals surface area contributed by atoms with Gasteiger partial charge in [0.25, 0.3) is 11.8 Å². The van der Waals surface area contributed by atoms with Gasteiger partial charge in [-0.2, -0.15) is 0 Å². The van der Waals surface area contributed by atoms with E-state index in [-0.39, 0.29) is 18.4 Å². The van der Waals surface area contributed by atoms with E-state index in [1.54, 1.807) is 29.2 Å². The molecule has 3 rings (SSSR count). The third-order valence-electron chi connectivity index (χ3n) is 4.61. The maximum atomic E-state index is 13.0. The molecule has 1 aliphatic rings. The molecule has 2 aromatic rings. The van der Waals surface area contributed by atoms with E-state index >= 15 is 0 Å². The zero-order valence-electron chi connectivity index (χ0n) is 15.3. The van der Waals surface area contributed by atoms with E-state index in [2.05, 4.69) is 5.32 Å². The van der Waals surface area contributed by atoms with Crippen LogP contribution in [0.25, 0.3) is 0 Å². The predicted molar refractivity (Wildman–Crippen MR) is 101 cm³/mol. The van der Waals surface area contributed by atoms with Crippen molar-refractivity contribution in [3.63, 3.8) is 0 Å². The predicted octanol–water partition coefficient (Wildman–Crippen LogP) is 2.86. The average Bonchev–Trinajstić information content (AvgIpc) is 2.73. The van der Waals surface area contributed by atoms with E-state index in [4.69, 9.17) is 4.74 Å². The number of ether oxygens (including phenoxy) is 1. The van der Waals surface area contributed by atoms with E-state index in [1.807, 2.05) is 6.07 Å². The zero-order valence-corrected chi connectivity index (χ0v) is 15.3. The Bertz CT molecular complexity index is 831. The number of halogens is 1. The van der Waals surface area contributed by atoms with Gasteiger partial charge in [-0.05, 0) is 49.2 Å². The summed E-state index contributed by atoms with van der Waals surface area (Å²) in [6.07, 6.45) is 0.929. The fourth-order valence-electron chi connectivity index (χ4n) is 3.07. The summed E-state index contributed by atoms with van der Waals surface area (Å²) in [6, 6.07) is 14.3. The monoisotopic (exact) mass is 384 g/mol. The Morgan fingerprint density at radius 1 is 1.00 bits per heavy atom. The van der Waals surface area contributed by atoms with Gasteiger partial charge in [0.15, 0.2) is 6.61 Å². The topological polar surface area (TPSA) is 75.7 Å². The van der Waals surface area contributed by atoms with Crippen molar-refractivity contribution in [2.75, 3.05) is 25.0 Å². The Balaban J connectivity index is 1.42. The van der Waals surface area contributed by atoms with Crippen LogP contribution in [0.3, 0.4) is 0 Å². The molecule has 2 amide bonds. The summed E-state index contributed by atoms with van der Waals surface area (Å²) >= 11 is 0. The van der Waals surface area contributed by atoms with Crippen molar-refractivity contribution < 1.29 is 23.5 Å². The van der Waals surface area contributed by atoms with Gasteiger partial charge in [-0.25, -0.2) is 4.39 Å². The summed E-state index contributed by atoms with van der Waals surface area (Å²) in [5.41, 5.74) is 1.05. The van der Waals surface area contributed by atoms with Gasteiger partial charge in [0.05, 0.1) is 5.92 Å². The Morgan fingerprint density at radius 2 is 1.64 bits per heavy atom. The molecule has 0 bridgehead atoms. The van der Waals surface area contributed by atoms with Crippen LogP contribution in [0.2, 0.25) is 0 Å². The molecule has 1 N–H and O–H groups in total. The summed E-state index contributed by atoms with van der Waals surface area (Å²) < 4.78 is 18.1. The number of amides is 2. The summed E-state index contributed by atoms with van der Waals surface area (Å²) in [5.74, 6) is -1.76. The molecule has 1 aliphatic heterocycles. The van der Waals surface area contributed by atoms with Gasteiger partial charge in [-0.15, -0.1) is 0 Å². The molecule has 1 saturated heterocycles. The molecule has 0 radical (unpaired) electrons. The standard InChI is InChI=1S/C21H21FN2O4/c22-17-8-6-15(7-9-17)20(26)24-12-10-16(11-13-24)21(27)28-14-19(25)23-18-4-2-1-3-5-18/h1-9,16H,10-14H2,(H,23,25). The number of nitrogens with zero attached hydrogens (tertiary/aromatic N) is 1. The number of rotatable bonds is 5. The lowest BCUT2D eigenvalue weighted by Gasteiger charge is -2.31. The van der Waals surface area contributed by atoms with Crippen LogP contribution in [0, 0.1) is 11.7 Å². The molecule has 0 aliphatic carbocycles. The van der Waals surface area contributed by atoms with E-state index in [0.29, 0.717) is 37.2 Å². The third kappa shape index (κ3) is 5.16. The SMILES string of the molecule is O=C(COC(=O)C1CCN(C(=O)c2ccc(F)cc2)CC1)Nc1ccccc1. The first-order valence-corrected chi connectivity index (χ1v) is 9.09. The number of anilines is 1. The number of piperidine rings is 1. The number of carbonyl (C=O) groups excluding carboxylic acids is 3. The fourth-order valence-corrected chi connectivity index (χ4v) is 3.07. The first kappa shape index (κ1) is 19.5. The molecule has 0 unspecified atom stereocenters. The number of para-hydroxylation sites is 1. The number of hydrogen-bond donors (Lipinski definition) is 1. The third-order valence-corrected chi connectivity index (χ3v) is 4.61. The van der Waals surface area contributed by atoms with E-state index < -0.39 is 17.7 Å². The van der Waals surface area contributed by atoms with Crippen molar-refractivity contribution in [2.24, 2.45) is 5.92 Å². The summed E-state index contributed by atoms with van der Waals surface area (Å²) in [4.78, 5) is 38.1. The molecule has 0 saturated carbocycles. The van der Waals surface area contributed by atoms with Gasteiger partial charge >= 0.3 is 5.97 Å². The minimum Gasteiger partial charge on any atom is -0.455 e. The highest BCUT2D eigenvalue weighted by Gasteiger charge is 2.29. The number of likely N-dealkylation sites (tertiary alicyclic amines) is 1. The lowest BCUT2D eigenvalue weighted by atomic mass is 9.96. The quantitative estimate of drug-likeness (QED) is 0.805. The van der Waals surface area contributed by atoms with Crippen molar-refractivity contribution in [2.45, 2.75) is 12.8 Å². The van der Waals surface area contributed by atoms with Crippen molar-refractivity contribution in [1.29, 1.82) is 0 Å². The van der Waals surface area contributed by atoms with Crippen LogP contribution in [0.4, 0.5) is 10.1 Å². The number of nitrogens with one attached hydrogen (secondary N) is 1. The van der Waals surface area contributed by atoms with Crippen molar-refractivity contribution in [3.05, 3.63) is 66.0 Å². The maximum absolute atomic E-state index is 13.0. The molecule has 1 heterocycles. The number of esters is 1. The van der Waals surface area contributed by atoms with Crippen LogP contribution in [0.5, 0.6) is 0 Å². The maximum Gasteiger partial charge on any atom is 0.309 e. The molecule has 1 fully saturated rings. The van der Waals surface area contributed by atoms with Crippen LogP contribution >= 0.6 is 0 Å². The average molecular weight is 384 g/mol. The van der Waals surface area contributed by atoms with Crippen molar-refractivity contribution in [1.82, 2.24) is 4.90 Å².